The highest BCUT2D eigenvalue weighted by molar-refractivity contribution is 9.10. The highest BCUT2D eigenvalue weighted by Crippen LogP contribution is 2.32. The SMILES string of the molecule is Clc1cncc(-c2sccc2Br)n1. The van der Waals surface area contributed by atoms with E-state index in [9.17, 15) is 0 Å². The molecule has 2 rings (SSSR count). The molecule has 0 spiro atoms. The molecule has 0 bridgehead atoms. The first-order valence-electron chi connectivity index (χ1n) is 3.48. The van der Waals surface area contributed by atoms with Gasteiger partial charge in [0.2, 0.25) is 0 Å². The normalized spacial score (nSPS) is 10.3. The van der Waals surface area contributed by atoms with E-state index in [1.807, 2.05) is 11.4 Å². The molecule has 13 heavy (non-hydrogen) atoms. The summed E-state index contributed by atoms with van der Waals surface area (Å²) in [6.07, 6.45) is 3.22. The lowest BCUT2D eigenvalue weighted by Crippen LogP contribution is -1.83. The monoisotopic (exact) mass is 274 g/mol. The van der Waals surface area contributed by atoms with E-state index in [0.717, 1.165) is 15.0 Å². The molecule has 0 saturated heterocycles. The van der Waals surface area contributed by atoms with Crippen LogP contribution < -0.4 is 0 Å². The maximum Gasteiger partial charge on any atom is 0.148 e. The smallest absolute Gasteiger partial charge is 0.148 e. The van der Waals surface area contributed by atoms with E-state index in [1.54, 1.807) is 17.5 Å². The van der Waals surface area contributed by atoms with Crippen molar-refractivity contribution in [2.24, 2.45) is 0 Å². The van der Waals surface area contributed by atoms with Crippen LogP contribution in [0.2, 0.25) is 5.15 Å². The first-order valence-corrected chi connectivity index (χ1v) is 5.53. The van der Waals surface area contributed by atoms with Gasteiger partial charge in [-0.3, -0.25) is 4.98 Å². The van der Waals surface area contributed by atoms with Crippen molar-refractivity contribution >= 4 is 38.9 Å². The van der Waals surface area contributed by atoms with Crippen LogP contribution in [0.15, 0.2) is 28.3 Å². The van der Waals surface area contributed by atoms with Crippen LogP contribution >= 0.6 is 38.9 Å². The van der Waals surface area contributed by atoms with Gasteiger partial charge in [-0.25, -0.2) is 4.98 Å². The molecule has 0 aromatic carbocycles. The summed E-state index contributed by atoms with van der Waals surface area (Å²) in [6.45, 7) is 0. The average Bonchev–Trinajstić information content (AvgIpc) is 2.51. The zero-order chi connectivity index (χ0) is 9.26. The summed E-state index contributed by atoms with van der Waals surface area (Å²) in [5, 5.41) is 2.40. The highest BCUT2D eigenvalue weighted by atomic mass is 79.9. The van der Waals surface area contributed by atoms with Crippen LogP contribution in [0.25, 0.3) is 10.6 Å². The zero-order valence-electron chi connectivity index (χ0n) is 6.37. The molecule has 0 unspecified atom stereocenters. The Morgan fingerprint density at radius 1 is 1.38 bits per heavy atom. The highest BCUT2D eigenvalue weighted by Gasteiger charge is 2.06. The van der Waals surface area contributed by atoms with E-state index in [-0.39, 0.29) is 0 Å². The molecule has 0 saturated carbocycles. The van der Waals surface area contributed by atoms with E-state index >= 15 is 0 Å². The van der Waals surface area contributed by atoms with Crippen LogP contribution in [-0.4, -0.2) is 9.97 Å². The molecule has 0 amide bonds. The Morgan fingerprint density at radius 3 is 2.85 bits per heavy atom. The minimum Gasteiger partial charge on any atom is -0.259 e. The van der Waals surface area contributed by atoms with E-state index in [1.165, 1.54) is 6.20 Å². The van der Waals surface area contributed by atoms with Gasteiger partial charge in [0.05, 0.1) is 17.3 Å². The Bertz CT molecular complexity index is 430. The molecule has 2 aromatic heterocycles. The first kappa shape index (κ1) is 9.12. The number of thiophene rings is 1. The summed E-state index contributed by atoms with van der Waals surface area (Å²) < 4.78 is 1.02. The molecule has 0 aliphatic rings. The van der Waals surface area contributed by atoms with Crippen molar-refractivity contribution in [1.82, 2.24) is 9.97 Å². The standard InChI is InChI=1S/C8H4BrClN2S/c9-5-1-2-13-8(5)6-3-11-4-7(10)12-6/h1-4H. The molecular weight excluding hydrogens is 272 g/mol. The van der Waals surface area contributed by atoms with E-state index in [4.69, 9.17) is 11.6 Å². The molecule has 0 fully saturated rings. The summed E-state index contributed by atoms with van der Waals surface area (Å²) in [5.41, 5.74) is 0.800. The zero-order valence-corrected chi connectivity index (χ0v) is 9.53. The van der Waals surface area contributed by atoms with Gasteiger partial charge < -0.3 is 0 Å². The minimum atomic E-state index is 0.415. The predicted molar refractivity (Wildman–Crippen MR) is 58.1 cm³/mol. The fraction of sp³-hybridized carbons (Fsp3) is 0. The van der Waals surface area contributed by atoms with Crippen molar-refractivity contribution in [3.05, 3.63) is 33.5 Å². The van der Waals surface area contributed by atoms with E-state index in [2.05, 4.69) is 25.9 Å². The molecule has 2 nitrogen and oxygen atoms in total. The van der Waals surface area contributed by atoms with Gasteiger partial charge in [-0.15, -0.1) is 11.3 Å². The molecule has 66 valence electrons. The Labute approximate surface area is 92.7 Å². The number of rotatable bonds is 1. The third kappa shape index (κ3) is 1.90. The summed E-state index contributed by atoms with van der Waals surface area (Å²) in [5.74, 6) is 0. The third-order valence-electron chi connectivity index (χ3n) is 1.45. The number of hydrogen-bond acceptors (Lipinski definition) is 3. The van der Waals surface area contributed by atoms with Crippen molar-refractivity contribution in [2.45, 2.75) is 0 Å². The maximum atomic E-state index is 5.73. The van der Waals surface area contributed by atoms with Gasteiger partial charge in [-0.2, -0.15) is 0 Å². The van der Waals surface area contributed by atoms with Gasteiger partial charge >= 0.3 is 0 Å². The summed E-state index contributed by atoms with van der Waals surface area (Å²) in [4.78, 5) is 9.18. The molecule has 0 aliphatic carbocycles. The molecule has 0 radical (unpaired) electrons. The van der Waals surface area contributed by atoms with Gasteiger partial charge in [0, 0.05) is 4.47 Å². The van der Waals surface area contributed by atoms with Crippen molar-refractivity contribution in [3.8, 4) is 10.6 Å². The number of halogens is 2. The molecule has 0 aliphatic heterocycles. The quantitative estimate of drug-likeness (QED) is 0.794. The fourth-order valence-corrected chi connectivity index (χ4v) is 2.61. The van der Waals surface area contributed by atoms with Gasteiger partial charge in [-0.1, -0.05) is 11.6 Å². The second-order valence-corrected chi connectivity index (χ2v) is 4.48. The van der Waals surface area contributed by atoms with Crippen LogP contribution in [0.4, 0.5) is 0 Å². The number of hydrogen-bond donors (Lipinski definition) is 0. The Morgan fingerprint density at radius 2 is 2.23 bits per heavy atom. The molecule has 2 aromatic rings. The van der Waals surface area contributed by atoms with Gasteiger partial charge in [0.25, 0.3) is 0 Å². The van der Waals surface area contributed by atoms with Crippen molar-refractivity contribution < 1.29 is 0 Å². The summed E-state index contributed by atoms with van der Waals surface area (Å²) in [6, 6.07) is 1.97. The third-order valence-corrected chi connectivity index (χ3v) is 3.50. The van der Waals surface area contributed by atoms with E-state index < -0.39 is 0 Å². The lowest BCUT2D eigenvalue weighted by molar-refractivity contribution is 1.21. The molecule has 5 heteroatoms. The molecular formula is C8H4BrClN2S. The van der Waals surface area contributed by atoms with Crippen molar-refractivity contribution in [3.63, 3.8) is 0 Å². The molecule has 0 atom stereocenters. The van der Waals surface area contributed by atoms with Crippen molar-refractivity contribution in [1.29, 1.82) is 0 Å². The van der Waals surface area contributed by atoms with Gasteiger partial charge in [0.15, 0.2) is 0 Å². The number of aromatic nitrogens is 2. The second-order valence-electron chi connectivity index (χ2n) is 2.32. The van der Waals surface area contributed by atoms with Crippen LogP contribution in [0, 0.1) is 0 Å². The number of nitrogens with zero attached hydrogens (tertiary/aromatic N) is 2. The second kappa shape index (κ2) is 3.74. The Kier molecular flexibility index (Phi) is 2.62. The van der Waals surface area contributed by atoms with Crippen LogP contribution in [0.5, 0.6) is 0 Å². The lowest BCUT2D eigenvalue weighted by atomic mass is 10.4. The molecule has 0 N–H and O–H groups in total. The topological polar surface area (TPSA) is 25.8 Å². The Balaban J connectivity index is 2.53. The van der Waals surface area contributed by atoms with Crippen molar-refractivity contribution in [2.75, 3.05) is 0 Å². The maximum absolute atomic E-state index is 5.73. The fourth-order valence-electron chi connectivity index (χ4n) is 0.928. The minimum absolute atomic E-state index is 0.415. The Hall–Kier alpha value is -0.450. The summed E-state index contributed by atoms with van der Waals surface area (Å²) >= 11 is 10.8. The van der Waals surface area contributed by atoms with Crippen LogP contribution in [-0.2, 0) is 0 Å². The van der Waals surface area contributed by atoms with Gasteiger partial charge in [0.1, 0.15) is 10.8 Å². The van der Waals surface area contributed by atoms with E-state index in [0.29, 0.717) is 5.15 Å². The van der Waals surface area contributed by atoms with Crippen LogP contribution in [0.3, 0.4) is 0 Å². The predicted octanol–water partition coefficient (Wildman–Crippen LogP) is 3.62. The average molecular weight is 276 g/mol. The lowest BCUT2D eigenvalue weighted by Gasteiger charge is -1.96. The van der Waals surface area contributed by atoms with Crippen LogP contribution in [0.1, 0.15) is 0 Å². The van der Waals surface area contributed by atoms with Gasteiger partial charge in [-0.05, 0) is 27.4 Å². The largest absolute Gasteiger partial charge is 0.259 e. The first-order chi connectivity index (χ1) is 6.27. The molecule has 2 heterocycles. The summed E-state index contributed by atoms with van der Waals surface area (Å²) in [7, 11) is 0.